The van der Waals surface area contributed by atoms with Crippen molar-refractivity contribution in [1.82, 2.24) is 14.0 Å². The smallest absolute Gasteiger partial charge is 0.323 e. The molecule has 1 aromatic carbocycles. The molecule has 2 heterocycles. The minimum absolute atomic E-state index is 0.257. The van der Waals surface area contributed by atoms with Gasteiger partial charge in [0.25, 0.3) is 10.2 Å². The zero-order chi connectivity index (χ0) is 16.6. The first-order valence-electron chi connectivity index (χ1n) is 7.36. The Kier molecular flexibility index (Phi) is 4.13. The summed E-state index contributed by atoms with van der Waals surface area (Å²) in [5.41, 5.74) is 3.06. The Hall–Kier alpha value is -1.90. The first kappa shape index (κ1) is 16.0. The van der Waals surface area contributed by atoms with Gasteiger partial charge in [-0.15, -0.1) is 0 Å². The molecule has 7 nitrogen and oxygen atoms in total. The maximum atomic E-state index is 12.4. The van der Waals surface area contributed by atoms with Gasteiger partial charge in [0.15, 0.2) is 0 Å². The molecule has 0 aliphatic carbocycles. The van der Waals surface area contributed by atoms with Crippen LogP contribution in [0.5, 0.6) is 0 Å². The summed E-state index contributed by atoms with van der Waals surface area (Å²) in [5.74, 6) is -0.614. The number of methoxy groups -OCH3 is 1. The number of aromatic amines is 1. The molecule has 0 amide bonds. The second kappa shape index (κ2) is 5.95. The lowest BCUT2D eigenvalue weighted by Crippen LogP contribution is -2.48. The molecule has 0 saturated carbocycles. The quantitative estimate of drug-likeness (QED) is 0.812. The molecule has 0 fully saturated rings. The summed E-state index contributed by atoms with van der Waals surface area (Å²) in [5, 5.41) is 1.13. The molecule has 2 N–H and O–H groups in total. The number of nitrogens with one attached hydrogen (secondary N) is 2. The molecule has 2 aromatic rings. The summed E-state index contributed by atoms with van der Waals surface area (Å²) in [6.07, 6.45) is 0.632. The Morgan fingerprint density at radius 1 is 1.39 bits per heavy atom. The van der Waals surface area contributed by atoms with Crippen LogP contribution >= 0.6 is 0 Å². The third kappa shape index (κ3) is 2.97. The third-order valence-corrected chi connectivity index (χ3v) is 5.71. The van der Waals surface area contributed by atoms with Gasteiger partial charge in [0.2, 0.25) is 0 Å². The molecule has 1 aromatic heterocycles. The zero-order valence-corrected chi connectivity index (χ0v) is 13.8. The predicted molar refractivity (Wildman–Crippen MR) is 85.9 cm³/mol. The molecule has 8 heteroatoms. The summed E-state index contributed by atoms with van der Waals surface area (Å²) in [4.78, 5) is 14.7. The Morgan fingerprint density at radius 2 is 2.13 bits per heavy atom. The van der Waals surface area contributed by atoms with Crippen molar-refractivity contribution in [2.24, 2.45) is 0 Å². The number of carbonyl (C=O) groups is 1. The highest BCUT2D eigenvalue weighted by Gasteiger charge is 2.31. The summed E-state index contributed by atoms with van der Waals surface area (Å²) in [6, 6.07) is 7.00. The van der Waals surface area contributed by atoms with Crippen molar-refractivity contribution >= 4 is 27.1 Å². The van der Waals surface area contributed by atoms with Crippen LogP contribution in [0.25, 0.3) is 10.9 Å². The fourth-order valence-corrected chi connectivity index (χ4v) is 4.22. The largest absolute Gasteiger partial charge is 0.468 e. The number of benzene rings is 1. The van der Waals surface area contributed by atoms with Crippen LogP contribution in [-0.2, 0) is 32.7 Å². The molecule has 1 aliphatic heterocycles. The lowest BCUT2D eigenvalue weighted by molar-refractivity contribution is -0.142. The van der Waals surface area contributed by atoms with E-state index < -0.39 is 22.2 Å². The monoisotopic (exact) mass is 337 g/mol. The fourth-order valence-electron chi connectivity index (χ4n) is 2.90. The topological polar surface area (TPSA) is 91.5 Å². The zero-order valence-electron chi connectivity index (χ0n) is 13.0. The van der Waals surface area contributed by atoms with E-state index in [-0.39, 0.29) is 6.54 Å². The van der Waals surface area contributed by atoms with Gasteiger partial charge in [-0.1, -0.05) is 18.2 Å². The number of H-pyrrole nitrogens is 1. The van der Waals surface area contributed by atoms with Crippen LogP contribution in [0.15, 0.2) is 24.3 Å². The van der Waals surface area contributed by atoms with E-state index in [2.05, 4.69) is 14.4 Å². The van der Waals surface area contributed by atoms with Gasteiger partial charge in [-0.2, -0.15) is 17.4 Å². The standard InChI is InChI=1S/C15H19N3O4S/c1-10(15(19)22-2)17-23(20,21)18-8-7-12-11-5-3-4-6-13(11)16-14(12)9-18/h3-6,10,16-17H,7-9H2,1-2H3/t10-/m1/s1. The highest BCUT2D eigenvalue weighted by molar-refractivity contribution is 7.87. The lowest BCUT2D eigenvalue weighted by Gasteiger charge is -2.27. The molecule has 0 radical (unpaired) electrons. The molecule has 23 heavy (non-hydrogen) atoms. The molecule has 1 atom stereocenters. The maximum absolute atomic E-state index is 12.4. The van der Waals surface area contributed by atoms with Crippen molar-refractivity contribution in [1.29, 1.82) is 0 Å². The van der Waals surface area contributed by atoms with Gasteiger partial charge < -0.3 is 9.72 Å². The molecule has 0 unspecified atom stereocenters. The van der Waals surface area contributed by atoms with Crippen molar-refractivity contribution in [2.45, 2.75) is 25.9 Å². The molecule has 0 saturated heterocycles. The summed E-state index contributed by atoms with van der Waals surface area (Å²) in [7, 11) is -2.53. The highest BCUT2D eigenvalue weighted by atomic mass is 32.2. The van der Waals surface area contributed by atoms with Gasteiger partial charge in [0.05, 0.1) is 13.7 Å². The van der Waals surface area contributed by atoms with Crippen molar-refractivity contribution in [3.8, 4) is 0 Å². The number of carbonyl (C=O) groups excluding carboxylic acids is 1. The Morgan fingerprint density at radius 3 is 2.87 bits per heavy atom. The molecular formula is C15H19N3O4S. The van der Waals surface area contributed by atoms with Crippen LogP contribution in [0.4, 0.5) is 0 Å². The Labute approximate surface area is 134 Å². The first-order chi connectivity index (χ1) is 10.9. The Bertz CT molecular complexity index is 844. The number of para-hydroxylation sites is 1. The van der Waals surface area contributed by atoms with E-state index in [1.54, 1.807) is 0 Å². The van der Waals surface area contributed by atoms with Gasteiger partial charge in [0, 0.05) is 23.1 Å². The van der Waals surface area contributed by atoms with Gasteiger partial charge in [-0.05, 0) is 25.0 Å². The van der Waals surface area contributed by atoms with Crippen LogP contribution in [0, 0.1) is 0 Å². The van der Waals surface area contributed by atoms with E-state index in [4.69, 9.17) is 0 Å². The lowest BCUT2D eigenvalue weighted by atomic mass is 10.1. The van der Waals surface area contributed by atoms with Gasteiger partial charge in [-0.3, -0.25) is 4.79 Å². The minimum atomic E-state index is -3.76. The fraction of sp³-hybridized carbons (Fsp3) is 0.400. The Balaban J connectivity index is 1.82. The number of fused-ring (bicyclic) bond motifs is 3. The average Bonchev–Trinajstić information content (AvgIpc) is 2.91. The van der Waals surface area contributed by atoms with Gasteiger partial charge in [0.1, 0.15) is 6.04 Å². The molecular weight excluding hydrogens is 318 g/mol. The van der Waals surface area contributed by atoms with Crippen molar-refractivity contribution in [2.75, 3.05) is 13.7 Å². The minimum Gasteiger partial charge on any atom is -0.468 e. The number of ether oxygens (including phenoxy) is 1. The van der Waals surface area contributed by atoms with E-state index in [0.29, 0.717) is 13.0 Å². The van der Waals surface area contributed by atoms with Crippen molar-refractivity contribution in [3.63, 3.8) is 0 Å². The molecule has 0 spiro atoms. The second-order valence-corrected chi connectivity index (χ2v) is 7.28. The first-order valence-corrected chi connectivity index (χ1v) is 8.80. The van der Waals surface area contributed by atoms with Crippen LogP contribution in [0.2, 0.25) is 0 Å². The molecule has 3 rings (SSSR count). The average molecular weight is 337 g/mol. The number of rotatable bonds is 4. The SMILES string of the molecule is COC(=O)[C@@H](C)NS(=O)(=O)N1CCc2c([nH]c3ccccc23)C1. The summed E-state index contributed by atoms with van der Waals surface area (Å²) < 4.78 is 33.1. The van der Waals surface area contributed by atoms with Crippen molar-refractivity contribution in [3.05, 3.63) is 35.5 Å². The summed E-state index contributed by atoms with van der Waals surface area (Å²) >= 11 is 0. The molecule has 1 aliphatic rings. The van der Waals surface area contributed by atoms with E-state index >= 15 is 0 Å². The number of hydrogen-bond donors (Lipinski definition) is 2. The predicted octanol–water partition coefficient (Wildman–Crippen LogP) is 0.922. The number of nitrogens with zero attached hydrogens (tertiary/aromatic N) is 1. The number of aromatic nitrogens is 1. The van der Waals surface area contributed by atoms with Crippen molar-refractivity contribution < 1.29 is 17.9 Å². The van der Waals surface area contributed by atoms with E-state index in [0.717, 1.165) is 22.2 Å². The third-order valence-electron chi connectivity index (χ3n) is 4.07. The normalized spacial score (nSPS) is 17.0. The summed E-state index contributed by atoms with van der Waals surface area (Å²) in [6.45, 7) is 2.09. The number of esters is 1. The van der Waals surface area contributed by atoms with Crippen LogP contribution in [0.1, 0.15) is 18.2 Å². The van der Waals surface area contributed by atoms with Gasteiger partial charge >= 0.3 is 5.97 Å². The van der Waals surface area contributed by atoms with Crippen LogP contribution in [-0.4, -0.2) is 43.4 Å². The van der Waals surface area contributed by atoms with E-state index in [9.17, 15) is 13.2 Å². The molecule has 0 bridgehead atoms. The van der Waals surface area contributed by atoms with Crippen LogP contribution in [0.3, 0.4) is 0 Å². The molecule has 124 valence electrons. The highest BCUT2D eigenvalue weighted by Crippen LogP contribution is 2.28. The second-order valence-electron chi connectivity index (χ2n) is 5.58. The van der Waals surface area contributed by atoms with E-state index in [1.165, 1.54) is 18.3 Å². The number of hydrogen-bond acceptors (Lipinski definition) is 4. The van der Waals surface area contributed by atoms with Gasteiger partial charge in [-0.25, -0.2) is 0 Å². The van der Waals surface area contributed by atoms with Crippen LogP contribution < -0.4 is 4.72 Å². The van der Waals surface area contributed by atoms with E-state index in [1.807, 2.05) is 24.3 Å². The maximum Gasteiger partial charge on any atom is 0.323 e.